The third-order valence-corrected chi connectivity index (χ3v) is 4.48. The first kappa shape index (κ1) is 15.8. The second-order valence-corrected chi connectivity index (χ2v) is 6.18. The van der Waals surface area contributed by atoms with Crippen LogP contribution in [0.4, 0.5) is 0 Å². The number of aromatic nitrogens is 2. The molecule has 1 amide bonds. The van der Waals surface area contributed by atoms with E-state index in [4.69, 9.17) is 9.68 Å². The van der Waals surface area contributed by atoms with Crippen LogP contribution in [0.5, 0.6) is 0 Å². The molecule has 1 aromatic heterocycles. The quantitative estimate of drug-likeness (QED) is 0.751. The Morgan fingerprint density at radius 3 is 2.90 bits per heavy atom. The van der Waals surface area contributed by atoms with Crippen molar-refractivity contribution in [2.24, 2.45) is 0 Å². The Bertz CT molecular complexity index is 505. The molecule has 1 saturated carbocycles. The minimum Gasteiger partial charge on any atom is -0.416 e. The molecule has 114 valence electrons. The molecule has 6 nitrogen and oxygen atoms in total. The van der Waals surface area contributed by atoms with Crippen molar-refractivity contribution < 1.29 is 9.21 Å². The van der Waals surface area contributed by atoms with E-state index in [1.165, 1.54) is 31.0 Å². The highest BCUT2D eigenvalue weighted by Gasteiger charge is 2.21. The standard InChI is InChI=1S/C14H20N4O2S/c1-18(9-5-8-15)12(19)10-21-14-17-16-13(20-14)11-6-3-2-4-7-11/h11H,2-7,9-10H2,1H3. The van der Waals surface area contributed by atoms with Gasteiger partial charge in [-0.3, -0.25) is 4.79 Å². The predicted molar refractivity (Wildman–Crippen MR) is 78.7 cm³/mol. The molecule has 0 aliphatic heterocycles. The second kappa shape index (κ2) is 8.03. The van der Waals surface area contributed by atoms with Crippen LogP contribution in [0.15, 0.2) is 9.64 Å². The van der Waals surface area contributed by atoms with Crippen LogP contribution in [0.25, 0.3) is 0 Å². The first-order valence-corrected chi connectivity index (χ1v) is 8.26. The van der Waals surface area contributed by atoms with Crippen molar-refractivity contribution in [2.45, 2.75) is 49.7 Å². The fourth-order valence-corrected chi connectivity index (χ4v) is 3.08. The van der Waals surface area contributed by atoms with Crippen LogP contribution in [0, 0.1) is 11.3 Å². The third-order valence-electron chi connectivity index (χ3n) is 3.68. The lowest BCUT2D eigenvalue weighted by Crippen LogP contribution is -2.29. The fourth-order valence-electron chi connectivity index (χ4n) is 2.37. The van der Waals surface area contributed by atoms with Gasteiger partial charge in [0.1, 0.15) is 0 Å². The second-order valence-electron chi connectivity index (χ2n) is 5.25. The van der Waals surface area contributed by atoms with Crippen LogP contribution >= 0.6 is 11.8 Å². The molecule has 0 atom stereocenters. The highest BCUT2D eigenvalue weighted by atomic mass is 32.2. The van der Waals surface area contributed by atoms with Crippen LogP contribution in [-0.4, -0.2) is 40.3 Å². The number of rotatable bonds is 6. The van der Waals surface area contributed by atoms with E-state index in [1.807, 2.05) is 6.07 Å². The van der Waals surface area contributed by atoms with Gasteiger partial charge in [-0.25, -0.2) is 0 Å². The Balaban J connectivity index is 1.79. The monoisotopic (exact) mass is 308 g/mol. The minimum absolute atomic E-state index is 0.0346. The number of nitriles is 1. The molecule has 7 heteroatoms. The van der Waals surface area contributed by atoms with E-state index in [1.54, 1.807) is 11.9 Å². The van der Waals surface area contributed by atoms with Crippen LogP contribution in [-0.2, 0) is 4.79 Å². The molecule has 0 aromatic carbocycles. The van der Waals surface area contributed by atoms with Crippen molar-refractivity contribution in [3.63, 3.8) is 0 Å². The molecule has 0 unspecified atom stereocenters. The normalized spacial score (nSPS) is 15.6. The van der Waals surface area contributed by atoms with E-state index < -0.39 is 0 Å². The molecule has 21 heavy (non-hydrogen) atoms. The summed E-state index contributed by atoms with van der Waals surface area (Å²) in [5.41, 5.74) is 0. The number of hydrogen-bond donors (Lipinski definition) is 0. The summed E-state index contributed by atoms with van der Waals surface area (Å²) in [6, 6.07) is 2.03. The zero-order chi connectivity index (χ0) is 15.1. The lowest BCUT2D eigenvalue weighted by molar-refractivity contribution is -0.127. The van der Waals surface area contributed by atoms with Crippen molar-refractivity contribution in [1.82, 2.24) is 15.1 Å². The van der Waals surface area contributed by atoms with Crippen molar-refractivity contribution in [3.8, 4) is 6.07 Å². The van der Waals surface area contributed by atoms with Gasteiger partial charge < -0.3 is 9.32 Å². The van der Waals surface area contributed by atoms with Gasteiger partial charge >= 0.3 is 0 Å². The average Bonchev–Trinajstić information content (AvgIpc) is 3.00. The van der Waals surface area contributed by atoms with Gasteiger partial charge in [0.25, 0.3) is 5.22 Å². The highest BCUT2D eigenvalue weighted by molar-refractivity contribution is 7.99. The van der Waals surface area contributed by atoms with E-state index >= 15 is 0 Å². The maximum absolute atomic E-state index is 11.8. The van der Waals surface area contributed by atoms with Crippen LogP contribution in [0.3, 0.4) is 0 Å². The average molecular weight is 308 g/mol. The Morgan fingerprint density at radius 1 is 1.43 bits per heavy atom. The van der Waals surface area contributed by atoms with Crippen molar-refractivity contribution >= 4 is 17.7 Å². The summed E-state index contributed by atoms with van der Waals surface area (Å²) in [6.45, 7) is 0.451. The van der Waals surface area contributed by atoms with E-state index in [2.05, 4.69) is 10.2 Å². The molecule has 0 radical (unpaired) electrons. The zero-order valence-electron chi connectivity index (χ0n) is 12.2. The molecule has 0 saturated heterocycles. The Labute approximate surface area is 128 Å². The largest absolute Gasteiger partial charge is 0.416 e. The summed E-state index contributed by atoms with van der Waals surface area (Å²) >= 11 is 1.26. The summed E-state index contributed by atoms with van der Waals surface area (Å²) in [4.78, 5) is 13.4. The van der Waals surface area contributed by atoms with Crippen LogP contribution in [0.2, 0.25) is 0 Å². The number of amides is 1. The smallest absolute Gasteiger partial charge is 0.277 e. The van der Waals surface area contributed by atoms with Gasteiger partial charge in [-0.1, -0.05) is 31.0 Å². The van der Waals surface area contributed by atoms with E-state index in [0.29, 0.717) is 30.0 Å². The molecule has 0 bridgehead atoms. The van der Waals surface area contributed by atoms with Gasteiger partial charge in [0.05, 0.1) is 18.2 Å². The summed E-state index contributed by atoms with van der Waals surface area (Å²) in [5.74, 6) is 1.32. The number of thioether (sulfide) groups is 1. The van der Waals surface area contributed by atoms with E-state index in [9.17, 15) is 4.79 Å². The molecule has 2 rings (SSSR count). The number of nitrogens with zero attached hydrogens (tertiary/aromatic N) is 4. The summed E-state index contributed by atoms with van der Waals surface area (Å²) < 4.78 is 5.65. The van der Waals surface area contributed by atoms with Gasteiger partial charge in [-0.2, -0.15) is 5.26 Å². The predicted octanol–water partition coefficient (Wildman–Crippen LogP) is 2.58. The van der Waals surface area contributed by atoms with Crippen molar-refractivity contribution in [3.05, 3.63) is 5.89 Å². The molecule has 0 spiro atoms. The highest BCUT2D eigenvalue weighted by Crippen LogP contribution is 2.32. The molecular formula is C14H20N4O2S. The Kier molecular flexibility index (Phi) is 6.05. The molecule has 1 aromatic rings. The maximum Gasteiger partial charge on any atom is 0.277 e. The van der Waals surface area contributed by atoms with Crippen LogP contribution < -0.4 is 0 Å². The lowest BCUT2D eigenvalue weighted by Gasteiger charge is -2.17. The summed E-state index contributed by atoms with van der Waals surface area (Å²) in [5, 5.41) is 17.1. The minimum atomic E-state index is -0.0346. The SMILES string of the molecule is CN(CCC#N)C(=O)CSc1nnc(C2CCCCC2)o1. The number of carbonyl (C=O) groups is 1. The molecule has 1 aliphatic rings. The topological polar surface area (TPSA) is 83.0 Å². The molecule has 1 heterocycles. The van der Waals surface area contributed by atoms with E-state index in [-0.39, 0.29) is 11.7 Å². The molecular weight excluding hydrogens is 288 g/mol. The van der Waals surface area contributed by atoms with Gasteiger partial charge in [0.15, 0.2) is 0 Å². The van der Waals surface area contributed by atoms with Gasteiger partial charge in [-0.15, -0.1) is 10.2 Å². The van der Waals surface area contributed by atoms with Gasteiger partial charge in [0.2, 0.25) is 11.8 Å². The number of carbonyl (C=O) groups excluding carboxylic acids is 1. The molecule has 0 N–H and O–H groups in total. The Hall–Kier alpha value is -1.55. The third kappa shape index (κ3) is 4.74. The first-order chi connectivity index (χ1) is 10.2. The first-order valence-electron chi connectivity index (χ1n) is 7.28. The number of hydrogen-bond acceptors (Lipinski definition) is 6. The summed E-state index contributed by atoms with van der Waals surface area (Å²) in [6.07, 6.45) is 6.30. The summed E-state index contributed by atoms with van der Waals surface area (Å²) in [7, 11) is 1.70. The van der Waals surface area contributed by atoms with Gasteiger partial charge in [-0.05, 0) is 12.8 Å². The molecule has 1 fully saturated rings. The molecule has 1 aliphatic carbocycles. The van der Waals surface area contributed by atoms with Crippen molar-refractivity contribution in [1.29, 1.82) is 5.26 Å². The fraction of sp³-hybridized carbons (Fsp3) is 0.714. The lowest BCUT2D eigenvalue weighted by atomic mass is 9.89. The Morgan fingerprint density at radius 2 is 2.19 bits per heavy atom. The van der Waals surface area contributed by atoms with Crippen LogP contribution in [0.1, 0.15) is 50.3 Å². The maximum atomic E-state index is 11.8. The van der Waals surface area contributed by atoms with E-state index in [0.717, 1.165) is 12.8 Å². The van der Waals surface area contributed by atoms with Crippen molar-refractivity contribution in [2.75, 3.05) is 19.3 Å². The zero-order valence-corrected chi connectivity index (χ0v) is 13.1. The van der Waals surface area contributed by atoms with Gasteiger partial charge in [0, 0.05) is 19.5 Å².